The molecule has 1 aliphatic rings. The zero-order valence-electron chi connectivity index (χ0n) is 18.7. The van der Waals surface area contributed by atoms with E-state index in [-0.39, 0.29) is 10.7 Å². The fraction of sp³-hybridized carbons (Fsp3) is 0.435. The number of hydrogen-bond donors (Lipinski definition) is 1. The lowest BCUT2D eigenvalue weighted by Gasteiger charge is -2.37. The maximum Gasteiger partial charge on any atom is 0.418 e. The van der Waals surface area contributed by atoms with Gasteiger partial charge in [-0.2, -0.15) is 13.2 Å². The van der Waals surface area contributed by atoms with E-state index in [1.165, 1.54) is 12.1 Å². The summed E-state index contributed by atoms with van der Waals surface area (Å²) in [6.45, 7) is 4.97. The minimum Gasteiger partial charge on any atom is -0.497 e. The minimum atomic E-state index is -4.62. The lowest BCUT2D eigenvalue weighted by atomic mass is 10.1. The van der Waals surface area contributed by atoms with Crippen LogP contribution in [0.15, 0.2) is 36.4 Å². The highest BCUT2D eigenvalue weighted by Crippen LogP contribution is 2.36. The molecule has 0 bridgehead atoms. The summed E-state index contributed by atoms with van der Waals surface area (Å²) in [6, 6.07) is 8.36. The van der Waals surface area contributed by atoms with Gasteiger partial charge in [0.15, 0.2) is 0 Å². The number of nitrogens with one attached hydrogen (secondary N) is 1. The Kier molecular flexibility index (Phi) is 8.10. The Morgan fingerprint density at radius 2 is 1.79 bits per heavy atom. The molecule has 3 rings (SSSR count). The molecule has 1 saturated heterocycles. The Bertz CT molecular complexity index is 979. The molecule has 6 nitrogen and oxygen atoms in total. The Morgan fingerprint density at radius 1 is 1.09 bits per heavy atom. The number of nitrogens with zero attached hydrogens (tertiary/aromatic N) is 2. The van der Waals surface area contributed by atoms with Gasteiger partial charge in [0.1, 0.15) is 11.5 Å². The van der Waals surface area contributed by atoms with Crippen LogP contribution in [-0.2, 0) is 17.5 Å². The van der Waals surface area contributed by atoms with Crippen molar-refractivity contribution in [3.05, 3.63) is 52.5 Å². The molecule has 1 aliphatic heterocycles. The van der Waals surface area contributed by atoms with Crippen LogP contribution in [0.1, 0.15) is 18.1 Å². The van der Waals surface area contributed by atoms with E-state index in [0.29, 0.717) is 32.7 Å². The molecule has 2 aromatic rings. The lowest BCUT2D eigenvalue weighted by molar-refractivity contribution is -0.137. The third-order valence-electron chi connectivity index (χ3n) is 5.76. The number of methoxy groups -OCH3 is 2. The fourth-order valence-electron chi connectivity index (χ4n) is 3.82. The van der Waals surface area contributed by atoms with Crippen LogP contribution < -0.4 is 14.8 Å². The summed E-state index contributed by atoms with van der Waals surface area (Å²) in [5.41, 5.74) is -0.265. The molecule has 180 valence electrons. The van der Waals surface area contributed by atoms with E-state index in [0.717, 1.165) is 23.1 Å². The van der Waals surface area contributed by atoms with Gasteiger partial charge in [0.2, 0.25) is 5.91 Å². The number of carbonyl (C=O) groups is 1. The fourth-order valence-corrected chi connectivity index (χ4v) is 3.99. The Hall–Kier alpha value is -2.49. The number of alkyl halides is 3. The van der Waals surface area contributed by atoms with Crippen LogP contribution in [0.2, 0.25) is 5.02 Å². The van der Waals surface area contributed by atoms with Gasteiger partial charge in [-0.15, -0.1) is 0 Å². The Morgan fingerprint density at radius 3 is 2.39 bits per heavy atom. The molecule has 2 aromatic carbocycles. The number of hydrogen-bond acceptors (Lipinski definition) is 5. The predicted molar refractivity (Wildman–Crippen MR) is 121 cm³/mol. The maximum absolute atomic E-state index is 13.3. The van der Waals surface area contributed by atoms with Crippen LogP contribution in [0.3, 0.4) is 0 Å². The van der Waals surface area contributed by atoms with E-state index in [4.69, 9.17) is 21.1 Å². The molecule has 0 saturated carbocycles. The van der Waals surface area contributed by atoms with E-state index in [1.54, 1.807) is 21.1 Å². The van der Waals surface area contributed by atoms with Gasteiger partial charge in [0.25, 0.3) is 0 Å². The van der Waals surface area contributed by atoms with E-state index in [2.05, 4.69) is 10.2 Å². The van der Waals surface area contributed by atoms with Gasteiger partial charge >= 0.3 is 6.18 Å². The zero-order valence-corrected chi connectivity index (χ0v) is 19.5. The first kappa shape index (κ1) is 25.1. The van der Waals surface area contributed by atoms with Crippen molar-refractivity contribution in [2.45, 2.75) is 25.7 Å². The maximum atomic E-state index is 13.3. The summed E-state index contributed by atoms with van der Waals surface area (Å²) in [4.78, 5) is 16.9. The number of carbonyl (C=O) groups excluding carboxylic acids is 1. The molecule has 1 heterocycles. The number of benzene rings is 2. The van der Waals surface area contributed by atoms with E-state index >= 15 is 0 Å². The van der Waals surface area contributed by atoms with Crippen molar-refractivity contribution in [1.29, 1.82) is 0 Å². The molecule has 1 N–H and O–H groups in total. The van der Waals surface area contributed by atoms with Crippen molar-refractivity contribution in [3.8, 4) is 11.5 Å². The number of rotatable bonds is 7. The molecule has 0 spiro atoms. The molecular formula is C23H27ClF3N3O3. The highest BCUT2D eigenvalue weighted by molar-refractivity contribution is 6.30. The molecule has 0 aromatic heterocycles. The second-order valence-electron chi connectivity index (χ2n) is 7.84. The first-order valence-corrected chi connectivity index (χ1v) is 10.8. The van der Waals surface area contributed by atoms with Crippen molar-refractivity contribution in [3.63, 3.8) is 0 Å². The van der Waals surface area contributed by atoms with Crippen LogP contribution in [0, 0.1) is 0 Å². The van der Waals surface area contributed by atoms with Crippen LogP contribution in [0.5, 0.6) is 11.5 Å². The predicted octanol–water partition coefficient (Wildman–Crippen LogP) is 4.52. The smallest absolute Gasteiger partial charge is 0.418 e. The molecule has 1 atom stereocenters. The SMILES string of the molecule is COc1ccc(OC)c(CN2CCN(C(C)C(=O)Nc3ccc(Cl)cc3C(F)(F)F)CC2)c1. The van der Waals surface area contributed by atoms with Crippen molar-refractivity contribution in [2.24, 2.45) is 0 Å². The van der Waals surface area contributed by atoms with Gasteiger partial charge in [-0.1, -0.05) is 11.6 Å². The average molecular weight is 486 g/mol. The van der Waals surface area contributed by atoms with Crippen molar-refractivity contribution in [1.82, 2.24) is 9.80 Å². The van der Waals surface area contributed by atoms with Crippen LogP contribution >= 0.6 is 11.6 Å². The molecular weight excluding hydrogens is 459 g/mol. The monoisotopic (exact) mass is 485 g/mol. The minimum absolute atomic E-state index is 0.0443. The molecule has 1 fully saturated rings. The molecule has 1 unspecified atom stereocenters. The first-order valence-electron chi connectivity index (χ1n) is 10.5. The summed E-state index contributed by atoms with van der Waals surface area (Å²) in [6.07, 6.45) is -4.62. The average Bonchev–Trinajstić information content (AvgIpc) is 2.79. The standard InChI is InChI=1S/C23H27ClF3N3O3/c1-15(22(31)28-20-6-4-17(24)13-19(20)23(25,26)27)30-10-8-29(9-11-30)14-16-12-18(32-2)5-7-21(16)33-3/h4-7,12-13,15H,8-11,14H2,1-3H3,(H,28,31). The highest BCUT2D eigenvalue weighted by atomic mass is 35.5. The first-order chi connectivity index (χ1) is 15.6. The topological polar surface area (TPSA) is 54.0 Å². The van der Waals surface area contributed by atoms with Gasteiger partial charge in [-0.05, 0) is 43.3 Å². The van der Waals surface area contributed by atoms with Gasteiger partial charge in [0, 0.05) is 43.3 Å². The van der Waals surface area contributed by atoms with Crippen LogP contribution in [-0.4, -0.2) is 62.1 Å². The van der Waals surface area contributed by atoms with Gasteiger partial charge in [0.05, 0.1) is 31.5 Å². The quantitative estimate of drug-likeness (QED) is 0.625. The lowest BCUT2D eigenvalue weighted by Crippen LogP contribution is -2.52. The molecule has 1 amide bonds. The number of ether oxygens (including phenoxy) is 2. The van der Waals surface area contributed by atoms with E-state index < -0.39 is 23.7 Å². The molecule has 33 heavy (non-hydrogen) atoms. The zero-order chi connectivity index (χ0) is 24.2. The number of halogens is 4. The highest BCUT2D eigenvalue weighted by Gasteiger charge is 2.35. The van der Waals surface area contributed by atoms with Crippen molar-refractivity contribution >= 4 is 23.2 Å². The van der Waals surface area contributed by atoms with Gasteiger partial charge in [-0.3, -0.25) is 14.6 Å². The molecule has 0 radical (unpaired) electrons. The summed E-state index contributed by atoms with van der Waals surface area (Å²) < 4.78 is 50.7. The summed E-state index contributed by atoms with van der Waals surface area (Å²) in [5, 5.41) is 2.37. The Balaban J connectivity index is 1.60. The number of anilines is 1. The summed E-state index contributed by atoms with van der Waals surface area (Å²) >= 11 is 5.71. The van der Waals surface area contributed by atoms with E-state index in [9.17, 15) is 18.0 Å². The summed E-state index contributed by atoms with van der Waals surface area (Å²) in [7, 11) is 3.23. The molecule has 0 aliphatic carbocycles. The van der Waals surface area contributed by atoms with E-state index in [1.807, 2.05) is 23.1 Å². The molecule has 10 heteroatoms. The largest absolute Gasteiger partial charge is 0.497 e. The third kappa shape index (κ3) is 6.31. The van der Waals surface area contributed by atoms with Crippen molar-refractivity contribution < 1.29 is 27.4 Å². The second-order valence-corrected chi connectivity index (χ2v) is 8.28. The van der Waals surface area contributed by atoms with Crippen LogP contribution in [0.25, 0.3) is 0 Å². The van der Waals surface area contributed by atoms with Crippen molar-refractivity contribution in [2.75, 3.05) is 45.7 Å². The van der Waals surface area contributed by atoms with Crippen LogP contribution in [0.4, 0.5) is 18.9 Å². The Labute approximate surface area is 196 Å². The number of amides is 1. The van der Waals surface area contributed by atoms with Gasteiger partial charge < -0.3 is 14.8 Å². The normalized spacial score (nSPS) is 16.3. The second kappa shape index (κ2) is 10.6. The number of piperazine rings is 1. The summed E-state index contributed by atoms with van der Waals surface area (Å²) in [5.74, 6) is 1.02. The third-order valence-corrected chi connectivity index (χ3v) is 6.00. The van der Waals surface area contributed by atoms with Gasteiger partial charge in [-0.25, -0.2) is 0 Å².